The number of aromatic nitrogens is 1. The third kappa shape index (κ3) is 3.02. The van der Waals surface area contributed by atoms with Crippen molar-refractivity contribution in [3.8, 4) is 0 Å². The maximum atomic E-state index is 10.9. The molecule has 0 aliphatic heterocycles. The van der Waals surface area contributed by atoms with Gasteiger partial charge in [0, 0.05) is 11.6 Å². The van der Waals surface area contributed by atoms with E-state index in [2.05, 4.69) is 10.3 Å². The summed E-state index contributed by atoms with van der Waals surface area (Å²) in [6, 6.07) is 1.56. The predicted octanol–water partition coefficient (Wildman–Crippen LogP) is 2.77. The van der Waals surface area contributed by atoms with Crippen molar-refractivity contribution in [3.05, 3.63) is 39.7 Å². The molecule has 0 saturated carbocycles. The molecule has 0 bridgehead atoms. The summed E-state index contributed by atoms with van der Waals surface area (Å²) in [5.41, 5.74) is -0.0676. The number of nitrogens with zero attached hydrogens (tertiary/aromatic N) is 1. The lowest BCUT2D eigenvalue weighted by atomic mass is 10.1. The number of carboxylic acid groups (broad SMARTS) is 1. The van der Waals surface area contributed by atoms with Gasteiger partial charge in [-0.25, -0.2) is 9.78 Å². The quantitative estimate of drug-likeness (QED) is 0.880. The van der Waals surface area contributed by atoms with E-state index in [4.69, 9.17) is 9.52 Å². The Balaban J connectivity index is 2.07. The summed E-state index contributed by atoms with van der Waals surface area (Å²) in [6.45, 7) is 6.17. The Hall–Kier alpha value is -1.66. The molecule has 0 aromatic carbocycles. The van der Waals surface area contributed by atoms with Gasteiger partial charge in [0.05, 0.1) is 12.1 Å². The maximum Gasteiger partial charge on any atom is 0.339 e. The zero-order valence-electron chi connectivity index (χ0n) is 11.1. The fraction of sp³-hybridized carbons (Fsp3) is 0.385. The summed E-state index contributed by atoms with van der Waals surface area (Å²) in [5, 5.41) is 15.2. The minimum Gasteiger partial charge on any atom is -0.478 e. The summed E-state index contributed by atoms with van der Waals surface area (Å²) in [6.07, 6.45) is 1.77. The zero-order chi connectivity index (χ0) is 14.0. The number of hydrogen-bond acceptors (Lipinski definition) is 5. The summed E-state index contributed by atoms with van der Waals surface area (Å²) < 4.78 is 5.43. The van der Waals surface area contributed by atoms with Gasteiger partial charge in [0.15, 0.2) is 0 Å². The Kier molecular flexibility index (Phi) is 3.73. The zero-order valence-corrected chi connectivity index (χ0v) is 11.9. The minimum absolute atomic E-state index is 0.212. The summed E-state index contributed by atoms with van der Waals surface area (Å²) in [4.78, 5) is 15.2. The molecule has 0 atom stereocenters. The highest BCUT2D eigenvalue weighted by Gasteiger charge is 2.23. The van der Waals surface area contributed by atoms with Crippen molar-refractivity contribution in [2.45, 2.75) is 32.9 Å². The number of aryl methyl sites for hydroxylation is 1. The van der Waals surface area contributed by atoms with Crippen molar-refractivity contribution in [1.29, 1.82) is 0 Å². The molecule has 0 aliphatic carbocycles. The van der Waals surface area contributed by atoms with Crippen LogP contribution >= 0.6 is 11.3 Å². The van der Waals surface area contributed by atoms with Crippen molar-refractivity contribution in [3.63, 3.8) is 0 Å². The molecule has 2 N–H and O–H groups in total. The van der Waals surface area contributed by atoms with E-state index in [-0.39, 0.29) is 11.1 Å². The molecule has 5 nitrogen and oxygen atoms in total. The third-order valence-electron chi connectivity index (χ3n) is 2.87. The SMILES string of the molecule is Cc1oc(CNC(C)(C)c2nccs2)cc1C(=O)O. The van der Waals surface area contributed by atoms with E-state index in [0.717, 1.165) is 5.01 Å². The van der Waals surface area contributed by atoms with Crippen LogP contribution in [-0.4, -0.2) is 16.1 Å². The molecule has 6 heteroatoms. The molecule has 0 amide bonds. The summed E-state index contributed by atoms with van der Waals surface area (Å²) in [5.74, 6) is 0.0718. The minimum atomic E-state index is -0.966. The van der Waals surface area contributed by atoms with E-state index >= 15 is 0 Å². The molecular formula is C13H16N2O3S. The number of carbonyl (C=O) groups is 1. The first-order valence-corrected chi connectivity index (χ1v) is 6.76. The molecular weight excluding hydrogens is 264 g/mol. The first-order chi connectivity index (χ1) is 8.90. The van der Waals surface area contributed by atoms with Gasteiger partial charge in [0.2, 0.25) is 0 Å². The lowest BCUT2D eigenvalue weighted by molar-refractivity contribution is 0.0695. The fourth-order valence-electron chi connectivity index (χ4n) is 1.76. The van der Waals surface area contributed by atoms with Gasteiger partial charge in [0.25, 0.3) is 0 Å². The van der Waals surface area contributed by atoms with Gasteiger partial charge >= 0.3 is 5.97 Å². The van der Waals surface area contributed by atoms with Gasteiger partial charge in [0.1, 0.15) is 22.1 Å². The van der Waals surface area contributed by atoms with Crippen LogP contribution in [0.5, 0.6) is 0 Å². The third-order valence-corrected chi connectivity index (χ3v) is 3.97. The number of nitrogens with one attached hydrogen (secondary N) is 1. The van der Waals surface area contributed by atoms with Crippen molar-refractivity contribution >= 4 is 17.3 Å². The van der Waals surface area contributed by atoms with Crippen LogP contribution in [0.25, 0.3) is 0 Å². The average molecular weight is 280 g/mol. The lowest BCUT2D eigenvalue weighted by Gasteiger charge is -2.23. The van der Waals surface area contributed by atoms with Crippen LogP contribution in [0, 0.1) is 6.92 Å². The van der Waals surface area contributed by atoms with E-state index in [1.165, 1.54) is 0 Å². The molecule has 0 radical (unpaired) electrons. The van der Waals surface area contributed by atoms with E-state index < -0.39 is 5.97 Å². The van der Waals surface area contributed by atoms with Gasteiger partial charge in [-0.05, 0) is 26.8 Å². The molecule has 2 heterocycles. The van der Waals surface area contributed by atoms with Crippen LogP contribution < -0.4 is 5.32 Å². The summed E-state index contributed by atoms with van der Waals surface area (Å²) >= 11 is 1.58. The van der Waals surface area contributed by atoms with Gasteiger partial charge in [-0.1, -0.05) is 0 Å². The lowest BCUT2D eigenvalue weighted by Crippen LogP contribution is -2.35. The van der Waals surface area contributed by atoms with E-state index in [0.29, 0.717) is 18.1 Å². The Morgan fingerprint density at radius 2 is 2.32 bits per heavy atom. The van der Waals surface area contributed by atoms with Crippen molar-refractivity contribution in [1.82, 2.24) is 10.3 Å². The Morgan fingerprint density at radius 3 is 2.84 bits per heavy atom. The van der Waals surface area contributed by atoms with Crippen LogP contribution in [0.2, 0.25) is 0 Å². The highest BCUT2D eigenvalue weighted by Crippen LogP contribution is 2.23. The van der Waals surface area contributed by atoms with Gasteiger partial charge in [-0.15, -0.1) is 11.3 Å². The predicted molar refractivity (Wildman–Crippen MR) is 72.4 cm³/mol. The molecule has 0 fully saturated rings. The largest absolute Gasteiger partial charge is 0.478 e. The Bertz CT molecular complexity index is 573. The number of carboxylic acids is 1. The number of furan rings is 1. The second kappa shape index (κ2) is 5.14. The highest BCUT2D eigenvalue weighted by molar-refractivity contribution is 7.09. The topological polar surface area (TPSA) is 75.4 Å². The number of aromatic carboxylic acids is 1. The maximum absolute atomic E-state index is 10.9. The molecule has 0 unspecified atom stereocenters. The van der Waals surface area contributed by atoms with E-state index in [1.54, 1.807) is 30.5 Å². The number of hydrogen-bond donors (Lipinski definition) is 2. The van der Waals surface area contributed by atoms with E-state index in [1.807, 2.05) is 19.2 Å². The first-order valence-electron chi connectivity index (χ1n) is 5.88. The molecule has 102 valence electrons. The van der Waals surface area contributed by atoms with E-state index in [9.17, 15) is 4.79 Å². The summed E-state index contributed by atoms with van der Waals surface area (Å²) in [7, 11) is 0. The second-order valence-corrected chi connectivity index (χ2v) is 5.70. The molecule has 0 spiro atoms. The molecule has 0 saturated heterocycles. The number of rotatable bonds is 5. The van der Waals surface area contributed by atoms with Gasteiger partial charge < -0.3 is 9.52 Å². The highest BCUT2D eigenvalue weighted by atomic mass is 32.1. The smallest absolute Gasteiger partial charge is 0.339 e. The van der Waals surface area contributed by atoms with Crippen LogP contribution in [0.3, 0.4) is 0 Å². The van der Waals surface area contributed by atoms with Gasteiger partial charge in [-0.3, -0.25) is 5.32 Å². The Labute approximate surface area is 115 Å². The van der Waals surface area contributed by atoms with Crippen molar-refractivity contribution < 1.29 is 14.3 Å². The second-order valence-electron chi connectivity index (χ2n) is 4.80. The van der Waals surface area contributed by atoms with Crippen LogP contribution in [0.15, 0.2) is 22.1 Å². The van der Waals surface area contributed by atoms with Crippen molar-refractivity contribution in [2.24, 2.45) is 0 Å². The fourth-order valence-corrected chi connectivity index (χ4v) is 2.50. The Morgan fingerprint density at radius 1 is 1.58 bits per heavy atom. The number of thiazole rings is 1. The molecule has 2 aromatic heterocycles. The standard InChI is InChI=1S/C13H16N2O3S/c1-8-10(11(16)17)6-9(18-8)7-15-13(2,3)12-14-4-5-19-12/h4-6,15H,7H2,1-3H3,(H,16,17). The monoisotopic (exact) mass is 280 g/mol. The van der Waals surface area contributed by atoms with Crippen LogP contribution in [-0.2, 0) is 12.1 Å². The average Bonchev–Trinajstić information content (AvgIpc) is 2.95. The molecule has 19 heavy (non-hydrogen) atoms. The normalized spacial score (nSPS) is 11.7. The van der Waals surface area contributed by atoms with Gasteiger partial charge in [-0.2, -0.15) is 0 Å². The molecule has 2 aromatic rings. The molecule has 2 rings (SSSR count). The van der Waals surface area contributed by atoms with Crippen LogP contribution in [0.1, 0.15) is 40.7 Å². The van der Waals surface area contributed by atoms with Crippen molar-refractivity contribution in [2.75, 3.05) is 0 Å². The van der Waals surface area contributed by atoms with Crippen LogP contribution in [0.4, 0.5) is 0 Å². The molecule has 0 aliphatic rings. The first kappa shape index (κ1) is 13.8.